The minimum Gasteiger partial charge on any atom is -0.372 e. The highest BCUT2D eigenvalue weighted by Gasteiger charge is 2.15. The van der Waals surface area contributed by atoms with Gasteiger partial charge in [-0.05, 0) is 49.6 Å². The zero-order chi connectivity index (χ0) is 19.8. The van der Waals surface area contributed by atoms with Gasteiger partial charge in [0.05, 0.1) is 0 Å². The molecular formula is C25H33N2S+. The Balaban J connectivity index is 1.76. The Labute approximate surface area is 174 Å². The van der Waals surface area contributed by atoms with Crippen LogP contribution in [-0.2, 0) is 6.54 Å². The highest BCUT2D eigenvalue weighted by molar-refractivity contribution is 7.18. The lowest BCUT2D eigenvalue weighted by molar-refractivity contribution is -0.665. The Morgan fingerprint density at radius 1 is 0.857 bits per heavy atom. The number of thiazole rings is 1. The maximum Gasteiger partial charge on any atom is 0.262 e. The van der Waals surface area contributed by atoms with Crippen molar-refractivity contribution in [3.05, 3.63) is 59.1 Å². The van der Waals surface area contributed by atoms with Gasteiger partial charge in [0.1, 0.15) is 11.2 Å². The molecule has 0 atom stereocenters. The lowest BCUT2D eigenvalue weighted by Crippen LogP contribution is -2.33. The van der Waals surface area contributed by atoms with Crippen LogP contribution in [0.25, 0.3) is 22.4 Å². The molecule has 0 bridgehead atoms. The maximum absolute atomic E-state index is 2.54. The van der Waals surface area contributed by atoms with Crippen LogP contribution in [0.5, 0.6) is 0 Å². The molecule has 1 aromatic heterocycles. The van der Waals surface area contributed by atoms with Crippen molar-refractivity contribution in [1.82, 2.24) is 0 Å². The SMILES string of the molecule is CCCCN(CCCC)c1ccc(/C=C/c2sc3ccccc3[n+]2CC)cc1. The maximum atomic E-state index is 2.54. The largest absolute Gasteiger partial charge is 0.372 e. The second-order valence-corrected chi connectivity index (χ2v) is 8.33. The van der Waals surface area contributed by atoms with Gasteiger partial charge in [0.15, 0.2) is 0 Å². The molecule has 3 heteroatoms. The van der Waals surface area contributed by atoms with E-state index in [1.807, 2.05) is 11.3 Å². The molecule has 0 saturated heterocycles. The molecule has 0 amide bonds. The Hall–Kier alpha value is -2.13. The standard InChI is InChI=1S/C25H33N2S/c1-4-7-19-26(20-8-5-2)22-16-13-21(14-17-22)15-18-25-27(6-3)23-11-9-10-12-24(23)28-25/h9-18H,4-8,19-20H2,1-3H3/q+1. The van der Waals surface area contributed by atoms with Gasteiger partial charge in [0.2, 0.25) is 5.52 Å². The van der Waals surface area contributed by atoms with Gasteiger partial charge >= 0.3 is 0 Å². The molecular weight excluding hydrogens is 360 g/mol. The third-order valence-electron chi connectivity index (χ3n) is 5.19. The van der Waals surface area contributed by atoms with E-state index in [0.717, 1.165) is 19.6 Å². The molecule has 2 aromatic carbocycles. The third kappa shape index (κ3) is 5.02. The number of benzene rings is 2. The normalized spacial score (nSPS) is 11.5. The van der Waals surface area contributed by atoms with Crippen molar-refractivity contribution < 1.29 is 4.57 Å². The predicted molar refractivity (Wildman–Crippen MR) is 125 cm³/mol. The summed E-state index contributed by atoms with van der Waals surface area (Å²) >= 11 is 1.86. The lowest BCUT2D eigenvalue weighted by atomic mass is 10.1. The van der Waals surface area contributed by atoms with E-state index < -0.39 is 0 Å². The molecule has 1 heterocycles. The highest BCUT2D eigenvalue weighted by Crippen LogP contribution is 2.23. The van der Waals surface area contributed by atoms with Gasteiger partial charge in [-0.2, -0.15) is 4.57 Å². The Morgan fingerprint density at radius 2 is 1.54 bits per heavy atom. The lowest BCUT2D eigenvalue weighted by Gasteiger charge is -2.24. The van der Waals surface area contributed by atoms with Crippen LogP contribution in [0.3, 0.4) is 0 Å². The summed E-state index contributed by atoms with van der Waals surface area (Å²) in [4.78, 5) is 2.54. The molecule has 0 saturated carbocycles. The number of fused-ring (bicyclic) bond motifs is 1. The summed E-state index contributed by atoms with van der Waals surface area (Å²) in [5.74, 6) is 0. The van der Waals surface area contributed by atoms with Gasteiger partial charge in [-0.1, -0.05) is 62.3 Å². The fourth-order valence-electron chi connectivity index (χ4n) is 3.53. The highest BCUT2D eigenvalue weighted by atomic mass is 32.1. The fraction of sp³-hybridized carbons (Fsp3) is 0.400. The van der Waals surface area contributed by atoms with Crippen molar-refractivity contribution in [2.24, 2.45) is 0 Å². The molecule has 3 rings (SSSR count). The number of unbranched alkanes of at least 4 members (excludes halogenated alkanes) is 2. The number of nitrogens with zero attached hydrogens (tertiary/aromatic N) is 2. The van der Waals surface area contributed by atoms with E-state index in [4.69, 9.17) is 0 Å². The van der Waals surface area contributed by atoms with Crippen LogP contribution in [0.1, 0.15) is 57.0 Å². The Bertz CT molecular complexity index is 885. The van der Waals surface area contributed by atoms with Crippen LogP contribution in [-0.4, -0.2) is 13.1 Å². The fourth-order valence-corrected chi connectivity index (χ4v) is 4.66. The van der Waals surface area contributed by atoms with Crippen LogP contribution < -0.4 is 9.47 Å². The smallest absolute Gasteiger partial charge is 0.262 e. The quantitative estimate of drug-likeness (QED) is 0.344. The van der Waals surface area contributed by atoms with Gasteiger partial charge in [-0.3, -0.25) is 0 Å². The predicted octanol–water partition coefficient (Wildman–Crippen LogP) is 6.79. The molecule has 0 unspecified atom stereocenters. The Kier molecular flexibility index (Phi) is 7.67. The van der Waals surface area contributed by atoms with E-state index in [1.165, 1.54) is 52.2 Å². The molecule has 0 aliphatic carbocycles. The van der Waals surface area contributed by atoms with E-state index in [9.17, 15) is 0 Å². The zero-order valence-electron chi connectivity index (χ0n) is 17.5. The molecule has 0 fully saturated rings. The number of aromatic nitrogens is 1. The van der Waals surface area contributed by atoms with Crippen molar-refractivity contribution in [3.8, 4) is 0 Å². The topological polar surface area (TPSA) is 7.12 Å². The molecule has 0 aliphatic rings. The van der Waals surface area contributed by atoms with Gasteiger partial charge in [-0.15, -0.1) is 0 Å². The monoisotopic (exact) mass is 393 g/mol. The van der Waals surface area contributed by atoms with Crippen LogP contribution >= 0.6 is 11.3 Å². The number of rotatable bonds is 10. The zero-order valence-corrected chi connectivity index (χ0v) is 18.3. The number of hydrogen-bond donors (Lipinski definition) is 0. The van der Waals surface area contributed by atoms with Gasteiger partial charge in [0.25, 0.3) is 5.01 Å². The van der Waals surface area contributed by atoms with Crippen molar-refractivity contribution in [3.63, 3.8) is 0 Å². The molecule has 0 aliphatic heterocycles. The van der Waals surface area contributed by atoms with E-state index in [1.54, 1.807) is 0 Å². The summed E-state index contributed by atoms with van der Waals surface area (Å²) < 4.78 is 3.74. The van der Waals surface area contributed by atoms with E-state index in [0.29, 0.717) is 0 Å². The number of hydrogen-bond acceptors (Lipinski definition) is 2. The molecule has 2 nitrogen and oxygen atoms in total. The van der Waals surface area contributed by atoms with Gasteiger partial charge in [0, 0.05) is 30.9 Å². The van der Waals surface area contributed by atoms with Crippen LogP contribution in [0, 0.1) is 0 Å². The first-order valence-corrected chi connectivity index (χ1v) is 11.5. The van der Waals surface area contributed by atoms with Crippen molar-refractivity contribution in [1.29, 1.82) is 0 Å². The summed E-state index contributed by atoms with van der Waals surface area (Å²) in [5, 5.41) is 1.31. The average Bonchev–Trinajstić information content (AvgIpc) is 3.10. The van der Waals surface area contributed by atoms with Crippen LogP contribution in [0.4, 0.5) is 5.69 Å². The minimum absolute atomic E-state index is 0.993. The summed E-state index contributed by atoms with van der Waals surface area (Å²) in [6.45, 7) is 10.1. The molecule has 0 radical (unpaired) electrons. The van der Waals surface area contributed by atoms with Crippen LogP contribution in [0.15, 0.2) is 48.5 Å². The molecule has 148 valence electrons. The summed E-state index contributed by atoms with van der Waals surface area (Å²) in [5.41, 5.74) is 3.94. The number of para-hydroxylation sites is 1. The summed E-state index contributed by atoms with van der Waals surface area (Å²) in [6, 6.07) is 17.7. The van der Waals surface area contributed by atoms with E-state index in [-0.39, 0.29) is 0 Å². The molecule has 0 N–H and O–H groups in total. The van der Waals surface area contributed by atoms with Gasteiger partial charge < -0.3 is 4.90 Å². The van der Waals surface area contributed by atoms with Crippen molar-refractivity contribution in [2.45, 2.75) is 53.0 Å². The first kappa shape index (κ1) is 20.6. The third-order valence-corrected chi connectivity index (χ3v) is 6.32. The van der Waals surface area contributed by atoms with Crippen molar-refractivity contribution in [2.75, 3.05) is 18.0 Å². The van der Waals surface area contributed by atoms with Crippen LogP contribution in [0.2, 0.25) is 0 Å². The summed E-state index contributed by atoms with van der Waals surface area (Å²) in [7, 11) is 0. The summed E-state index contributed by atoms with van der Waals surface area (Å²) in [6.07, 6.45) is 9.51. The number of anilines is 1. The van der Waals surface area contributed by atoms with Crippen molar-refractivity contribution >= 4 is 39.4 Å². The first-order valence-electron chi connectivity index (χ1n) is 10.7. The average molecular weight is 394 g/mol. The first-order chi connectivity index (χ1) is 13.8. The molecule has 28 heavy (non-hydrogen) atoms. The minimum atomic E-state index is 0.993. The number of aryl methyl sites for hydroxylation is 1. The second-order valence-electron chi connectivity index (χ2n) is 7.27. The molecule has 0 spiro atoms. The molecule has 3 aromatic rings. The Morgan fingerprint density at radius 3 is 2.18 bits per heavy atom. The van der Waals surface area contributed by atoms with Gasteiger partial charge in [-0.25, -0.2) is 0 Å². The van der Waals surface area contributed by atoms with E-state index >= 15 is 0 Å². The second kappa shape index (κ2) is 10.4. The van der Waals surface area contributed by atoms with E-state index in [2.05, 4.69) is 90.9 Å².